The van der Waals surface area contributed by atoms with E-state index in [9.17, 15) is 4.79 Å². The third kappa shape index (κ3) is 2.59. The zero-order valence-corrected chi connectivity index (χ0v) is 12.9. The molecule has 0 unspecified atom stereocenters. The van der Waals surface area contributed by atoms with Crippen molar-refractivity contribution in [3.63, 3.8) is 0 Å². The van der Waals surface area contributed by atoms with E-state index in [1.807, 2.05) is 65.3 Å². The van der Waals surface area contributed by atoms with Crippen molar-refractivity contribution >= 4 is 5.78 Å². The Kier molecular flexibility index (Phi) is 3.54. The van der Waals surface area contributed by atoms with Crippen LogP contribution in [0.3, 0.4) is 0 Å². The lowest BCUT2D eigenvalue weighted by Gasteiger charge is -2.09. The number of Topliss-reactive ketones (excluding diaryl/α,β-unsaturated/α-hetero) is 1. The van der Waals surface area contributed by atoms with Crippen LogP contribution in [0.25, 0.3) is 5.69 Å². The molecule has 0 atom stereocenters. The number of carbonyl (C=O) groups is 1. The average Bonchev–Trinajstić information content (AvgIpc) is 3.19. The third-order valence-corrected chi connectivity index (χ3v) is 4.44. The highest BCUT2D eigenvalue weighted by Crippen LogP contribution is 2.28. The van der Waals surface area contributed by atoms with E-state index >= 15 is 0 Å². The van der Waals surface area contributed by atoms with Crippen molar-refractivity contribution in [2.24, 2.45) is 0 Å². The molecule has 0 radical (unpaired) electrons. The van der Waals surface area contributed by atoms with Gasteiger partial charge in [-0.1, -0.05) is 48.5 Å². The first-order valence-electron chi connectivity index (χ1n) is 8.06. The first-order valence-corrected chi connectivity index (χ1v) is 8.06. The number of hydrogen-bond acceptors (Lipinski definition) is 2. The van der Waals surface area contributed by atoms with Gasteiger partial charge in [0.1, 0.15) is 0 Å². The zero-order valence-electron chi connectivity index (χ0n) is 12.9. The van der Waals surface area contributed by atoms with Crippen LogP contribution in [0.15, 0.2) is 60.7 Å². The first-order chi connectivity index (χ1) is 11.3. The highest BCUT2D eigenvalue weighted by Gasteiger charge is 2.24. The molecule has 0 N–H and O–H groups in total. The molecule has 1 aromatic heterocycles. The second-order valence-electron chi connectivity index (χ2n) is 5.94. The molecular formula is C20H18N2O. The molecule has 23 heavy (non-hydrogen) atoms. The van der Waals surface area contributed by atoms with Gasteiger partial charge in [-0.25, -0.2) is 4.68 Å². The molecule has 0 saturated carbocycles. The van der Waals surface area contributed by atoms with E-state index < -0.39 is 0 Å². The minimum Gasteiger partial charge on any atom is -0.294 e. The van der Waals surface area contributed by atoms with Crippen LogP contribution in [0.1, 0.15) is 33.7 Å². The molecule has 0 spiro atoms. The van der Waals surface area contributed by atoms with Crippen molar-refractivity contribution < 1.29 is 4.79 Å². The first kappa shape index (κ1) is 13.9. The van der Waals surface area contributed by atoms with Crippen LogP contribution in [-0.2, 0) is 19.3 Å². The normalized spacial score (nSPS) is 13.0. The number of carbonyl (C=O) groups excluding carboxylic acids is 1. The molecule has 3 nitrogen and oxygen atoms in total. The van der Waals surface area contributed by atoms with Crippen LogP contribution in [0.5, 0.6) is 0 Å². The summed E-state index contributed by atoms with van der Waals surface area (Å²) >= 11 is 0. The number of benzene rings is 2. The summed E-state index contributed by atoms with van der Waals surface area (Å²) in [5.74, 6) is 0.150. The molecule has 1 heterocycles. The lowest BCUT2D eigenvalue weighted by atomic mass is 10.0. The molecule has 114 valence electrons. The Morgan fingerprint density at radius 2 is 1.65 bits per heavy atom. The Bertz CT molecular complexity index is 835. The van der Waals surface area contributed by atoms with Crippen molar-refractivity contribution in [1.82, 2.24) is 9.78 Å². The molecule has 0 saturated heterocycles. The lowest BCUT2D eigenvalue weighted by molar-refractivity contribution is 0.0991. The molecule has 0 amide bonds. The third-order valence-electron chi connectivity index (χ3n) is 4.44. The molecule has 2 aromatic carbocycles. The number of para-hydroxylation sites is 1. The largest absolute Gasteiger partial charge is 0.294 e. The van der Waals surface area contributed by atoms with Gasteiger partial charge in [0.25, 0.3) is 0 Å². The molecular weight excluding hydrogens is 284 g/mol. The summed E-state index contributed by atoms with van der Waals surface area (Å²) < 4.78 is 1.96. The van der Waals surface area contributed by atoms with E-state index in [-0.39, 0.29) is 5.78 Å². The Balaban J connectivity index is 1.74. The van der Waals surface area contributed by atoms with E-state index in [1.165, 1.54) is 5.56 Å². The van der Waals surface area contributed by atoms with Gasteiger partial charge in [-0.3, -0.25) is 4.79 Å². The number of aryl methyl sites for hydroxylation is 1. The van der Waals surface area contributed by atoms with Gasteiger partial charge in [-0.15, -0.1) is 0 Å². The highest BCUT2D eigenvalue weighted by molar-refractivity contribution is 5.97. The van der Waals surface area contributed by atoms with E-state index in [4.69, 9.17) is 5.10 Å². The number of aromatic nitrogens is 2. The SMILES string of the molecule is O=C(Cc1c2c(nn1-c1ccccc1)CCC2)c1ccccc1. The summed E-state index contributed by atoms with van der Waals surface area (Å²) in [6.07, 6.45) is 3.59. The van der Waals surface area contributed by atoms with Crippen molar-refractivity contribution in [2.45, 2.75) is 25.7 Å². The van der Waals surface area contributed by atoms with Gasteiger partial charge in [0.05, 0.1) is 23.5 Å². The van der Waals surface area contributed by atoms with Crippen molar-refractivity contribution in [2.75, 3.05) is 0 Å². The summed E-state index contributed by atoms with van der Waals surface area (Å²) in [7, 11) is 0. The topological polar surface area (TPSA) is 34.9 Å². The molecule has 1 aliphatic rings. The van der Waals surface area contributed by atoms with Gasteiger partial charge >= 0.3 is 0 Å². The molecule has 3 aromatic rings. The van der Waals surface area contributed by atoms with E-state index in [0.717, 1.165) is 41.9 Å². The standard InChI is InChI=1S/C20H18N2O/c23-20(15-8-3-1-4-9-15)14-19-17-12-7-13-18(17)21-22(19)16-10-5-2-6-11-16/h1-6,8-11H,7,12-14H2. The van der Waals surface area contributed by atoms with Gasteiger partial charge in [0, 0.05) is 5.56 Å². The van der Waals surface area contributed by atoms with Crippen LogP contribution < -0.4 is 0 Å². The predicted molar refractivity (Wildman–Crippen MR) is 90.1 cm³/mol. The zero-order chi connectivity index (χ0) is 15.6. The average molecular weight is 302 g/mol. The lowest BCUT2D eigenvalue weighted by Crippen LogP contribution is -2.11. The van der Waals surface area contributed by atoms with Crippen LogP contribution in [0.4, 0.5) is 0 Å². The van der Waals surface area contributed by atoms with Crippen LogP contribution >= 0.6 is 0 Å². The smallest absolute Gasteiger partial charge is 0.168 e. The molecule has 1 aliphatic carbocycles. The summed E-state index contributed by atoms with van der Waals surface area (Å²) in [4.78, 5) is 12.7. The van der Waals surface area contributed by atoms with E-state index in [2.05, 4.69) is 0 Å². The monoisotopic (exact) mass is 302 g/mol. The molecule has 4 rings (SSSR count). The van der Waals surface area contributed by atoms with Crippen LogP contribution in [-0.4, -0.2) is 15.6 Å². The summed E-state index contributed by atoms with van der Waals surface area (Å²) in [6.45, 7) is 0. The van der Waals surface area contributed by atoms with E-state index in [1.54, 1.807) is 0 Å². The van der Waals surface area contributed by atoms with Crippen molar-refractivity contribution in [3.05, 3.63) is 83.2 Å². The minimum atomic E-state index is 0.150. The number of ketones is 1. The van der Waals surface area contributed by atoms with Crippen molar-refractivity contribution in [3.8, 4) is 5.69 Å². The Morgan fingerprint density at radius 3 is 2.39 bits per heavy atom. The summed E-state index contributed by atoms with van der Waals surface area (Å²) in [5, 5.41) is 4.77. The molecule has 0 aliphatic heterocycles. The van der Waals surface area contributed by atoms with Gasteiger partial charge in [-0.2, -0.15) is 5.10 Å². The second-order valence-corrected chi connectivity index (χ2v) is 5.94. The fourth-order valence-electron chi connectivity index (χ4n) is 3.30. The molecule has 3 heteroatoms. The maximum atomic E-state index is 12.7. The number of hydrogen-bond donors (Lipinski definition) is 0. The minimum absolute atomic E-state index is 0.150. The number of fused-ring (bicyclic) bond motifs is 1. The Labute approximate surface area is 135 Å². The van der Waals surface area contributed by atoms with Gasteiger partial charge in [-0.05, 0) is 37.0 Å². The number of nitrogens with zero attached hydrogens (tertiary/aromatic N) is 2. The number of rotatable bonds is 4. The maximum absolute atomic E-state index is 12.7. The van der Waals surface area contributed by atoms with Crippen molar-refractivity contribution in [1.29, 1.82) is 0 Å². The quantitative estimate of drug-likeness (QED) is 0.687. The highest BCUT2D eigenvalue weighted by atomic mass is 16.1. The van der Waals surface area contributed by atoms with Crippen LogP contribution in [0.2, 0.25) is 0 Å². The fourth-order valence-corrected chi connectivity index (χ4v) is 3.30. The van der Waals surface area contributed by atoms with Gasteiger partial charge in [0.15, 0.2) is 5.78 Å². The Morgan fingerprint density at radius 1 is 0.957 bits per heavy atom. The van der Waals surface area contributed by atoms with E-state index in [0.29, 0.717) is 6.42 Å². The maximum Gasteiger partial charge on any atom is 0.168 e. The summed E-state index contributed by atoms with van der Waals surface area (Å²) in [5.41, 5.74) is 5.28. The van der Waals surface area contributed by atoms with Gasteiger partial charge in [0.2, 0.25) is 0 Å². The summed E-state index contributed by atoms with van der Waals surface area (Å²) in [6, 6.07) is 19.6. The molecule has 0 bridgehead atoms. The second kappa shape index (κ2) is 5.84. The van der Waals surface area contributed by atoms with Crippen LogP contribution in [0, 0.1) is 0 Å². The molecule has 0 fully saturated rings. The Hall–Kier alpha value is -2.68. The van der Waals surface area contributed by atoms with Gasteiger partial charge < -0.3 is 0 Å². The fraction of sp³-hybridized carbons (Fsp3) is 0.200. The predicted octanol–water partition coefficient (Wildman–Crippen LogP) is 3.79.